The molecule has 0 atom stereocenters. The molecule has 2 aromatic rings. The van der Waals surface area contributed by atoms with Gasteiger partial charge in [-0.2, -0.15) is 0 Å². The van der Waals surface area contributed by atoms with Crippen molar-refractivity contribution in [3.8, 4) is 5.75 Å². The largest absolute Gasteiger partial charge is 0.496 e. The number of nitrogens with one attached hydrogen (secondary N) is 1. The van der Waals surface area contributed by atoms with Crippen molar-refractivity contribution in [3.63, 3.8) is 0 Å². The molecule has 5 heteroatoms. The molecule has 0 heterocycles. The number of carbonyl (C=O) groups excluding carboxylic acids is 2. The minimum atomic E-state index is -0.0864. The summed E-state index contributed by atoms with van der Waals surface area (Å²) >= 11 is 0. The Hall–Kier alpha value is -2.82. The first-order valence-electron chi connectivity index (χ1n) is 9.68. The van der Waals surface area contributed by atoms with E-state index in [0.29, 0.717) is 25.4 Å². The molecule has 0 radical (unpaired) electrons. The van der Waals surface area contributed by atoms with Gasteiger partial charge < -0.3 is 15.0 Å². The smallest absolute Gasteiger partial charge is 0.226 e. The third-order valence-electron chi connectivity index (χ3n) is 4.75. The Morgan fingerprint density at radius 1 is 1.04 bits per heavy atom. The van der Waals surface area contributed by atoms with E-state index in [1.165, 1.54) is 6.92 Å². The second-order valence-electron chi connectivity index (χ2n) is 7.11. The van der Waals surface area contributed by atoms with Crippen LogP contribution in [0.15, 0.2) is 48.5 Å². The summed E-state index contributed by atoms with van der Waals surface area (Å²) in [6.45, 7) is 6.67. The van der Waals surface area contributed by atoms with Crippen molar-refractivity contribution < 1.29 is 14.3 Å². The van der Waals surface area contributed by atoms with E-state index in [-0.39, 0.29) is 18.2 Å². The lowest BCUT2D eigenvalue weighted by molar-refractivity contribution is -0.129. The molecule has 0 aliphatic carbocycles. The molecule has 0 spiro atoms. The van der Waals surface area contributed by atoms with Crippen molar-refractivity contribution in [2.45, 2.75) is 39.5 Å². The van der Waals surface area contributed by atoms with Crippen LogP contribution in [0.25, 0.3) is 0 Å². The van der Waals surface area contributed by atoms with Crippen LogP contribution in [0.2, 0.25) is 0 Å². The molecule has 1 N–H and O–H groups in total. The van der Waals surface area contributed by atoms with Crippen molar-refractivity contribution in [3.05, 3.63) is 59.7 Å². The van der Waals surface area contributed by atoms with Crippen molar-refractivity contribution >= 4 is 17.5 Å². The maximum atomic E-state index is 12.4. The van der Waals surface area contributed by atoms with Crippen LogP contribution in [0.5, 0.6) is 5.75 Å². The Labute approximate surface area is 167 Å². The van der Waals surface area contributed by atoms with E-state index < -0.39 is 0 Å². The molecule has 2 rings (SSSR count). The van der Waals surface area contributed by atoms with Crippen molar-refractivity contribution in [1.29, 1.82) is 0 Å². The van der Waals surface area contributed by atoms with Crippen molar-refractivity contribution in [2.24, 2.45) is 0 Å². The lowest BCUT2D eigenvalue weighted by Gasteiger charge is -2.22. The average molecular weight is 383 g/mol. The Morgan fingerprint density at radius 3 is 2.39 bits per heavy atom. The highest BCUT2D eigenvalue weighted by atomic mass is 16.5. The first-order valence-corrected chi connectivity index (χ1v) is 9.68. The second kappa shape index (κ2) is 10.5. The van der Waals surface area contributed by atoms with Crippen LogP contribution in [0, 0.1) is 0 Å². The fourth-order valence-corrected chi connectivity index (χ4v) is 3.16. The number of carbonyl (C=O) groups is 2. The van der Waals surface area contributed by atoms with Gasteiger partial charge in [0.2, 0.25) is 11.8 Å². The third kappa shape index (κ3) is 6.12. The first-order chi connectivity index (χ1) is 13.4. The van der Waals surface area contributed by atoms with Crippen LogP contribution < -0.4 is 10.1 Å². The molecule has 0 aromatic heterocycles. The van der Waals surface area contributed by atoms with Crippen LogP contribution in [0.3, 0.4) is 0 Å². The zero-order valence-corrected chi connectivity index (χ0v) is 17.2. The number of rotatable bonds is 9. The first kappa shape index (κ1) is 21.5. The van der Waals surface area contributed by atoms with E-state index in [1.807, 2.05) is 48.5 Å². The van der Waals surface area contributed by atoms with E-state index >= 15 is 0 Å². The number of para-hydroxylation sites is 2. The van der Waals surface area contributed by atoms with Crippen molar-refractivity contribution in [2.75, 3.05) is 25.5 Å². The zero-order chi connectivity index (χ0) is 20.5. The minimum absolute atomic E-state index is 0.0368. The van der Waals surface area contributed by atoms with Gasteiger partial charge in [-0.05, 0) is 35.6 Å². The molecule has 0 aliphatic heterocycles. The molecular weight excluding hydrogens is 352 g/mol. The monoisotopic (exact) mass is 382 g/mol. The summed E-state index contributed by atoms with van der Waals surface area (Å²) in [7, 11) is 1.64. The zero-order valence-electron chi connectivity index (χ0n) is 17.2. The van der Waals surface area contributed by atoms with Gasteiger partial charge in [0.25, 0.3) is 0 Å². The molecule has 0 aliphatic rings. The van der Waals surface area contributed by atoms with Gasteiger partial charge in [0.05, 0.1) is 7.11 Å². The molecule has 0 fully saturated rings. The molecule has 28 heavy (non-hydrogen) atoms. The van der Waals surface area contributed by atoms with E-state index in [0.717, 1.165) is 22.6 Å². The summed E-state index contributed by atoms with van der Waals surface area (Å²) in [4.78, 5) is 26.1. The maximum absolute atomic E-state index is 12.4. The van der Waals surface area contributed by atoms with Gasteiger partial charge in [0.15, 0.2) is 0 Å². The van der Waals surface area contributed by atoms with Crippen molar-refractivity contribution in [1.82, 2.24) is 4.90 Å². The van der Waals surface area contributed by atoms with E-state index in [1.54, 1.807) is 12.0 Å². The molecule has 0 saturated heterocycles. The second-order valence-corrected chi connectivity index (χ2v) is 7.11. The topological polar surface area (TPSA) is 58.6 Å². The molecule has 0 unspecified atom stereocenters. The number of anilines is 1. The van der Waals surface area contributed by atoms with E-state index in [4.69, 9.17) is 4.74 Å². The van der Waals surface area contributed by atoms with Crippen LogP contribution in [0.4, 0.5) is 5.69 Å². The van der Waals surface area contributed by atoms with E-state index in [2.05, 4.69) is 19.2 Å². The lowest BCUT2D eigenvalue weighted by atomic mass is 10.0. The molecule has 0 bridgehead atoms. The average Bonchev–Trinajstić information content (AvgIpc) is 2.68. The standard InChI is InChI=1S/C23H30N2O3/c1-17(2)20-10-6-7-11-21(20)24-23(27)14-16-25(18(3)26)15-13-19-9-5-8-12-22(19)28-4/h5-12,17H,13-16H2,1-4H3,(H,24,27). The number of ether oxygens (including phenoxy) is 1. The van der Waals surface area contributed by atoms with Gasteiger partial charge in [-0.15, -0.1) is 0 Å². The highest BCUT2D eigenvalue weighted by molar-refractivity contribution is 5.92. The SMILES string of the molecule is COc1ccccc1CCN(CCC(=O)Nc1ccccc1C(C)C)C(C)=O. The van der Waals surface area contributed by atoms with Gasteiger partial charge in [-0.1, -0.05) is 50.2 Å². The van der Waals surface area contributed by atoms with Crippen LogP contribution in [-0.4, -0.2) is 36.9 Å². The Bertz CT molecular complexity index is 802. The Balaban J connectivity index is 1.92. The number of hydrogen-bond acceptors (Lipinski definition) is 3. The Kier molecular flexibility index (Phi) is 8.05. The van der Waals surface area contributed by atoms with Gasteiger partial charge in [-0.25, -0.2) is 0 Å². The van der Waals surface area contributed by atoms with Gasteiger partial charge in [0.1, 0.15) is 5.75 Å². The number of methoxy groups -OCH3 is 1. The third-order valence-corrected chi connectivity index (χ3v) is 4.75. The number of benzene rings is 2. The van der Waals surface area contributed by atoms with Gasteiger partial charge >= 0.3 is 0 Å². The predicted molar refractivity (Wildman–Crippen MR) is 113 cm³/mol. The highest BCUT2D eigenvalue weighted by Crippen LogP contribution is 2.23. The molecule has 5 nitrogen and oxygen atoms in total. The summed E-state index contributed by atoms with van der Waals surface area (Å²) in [5, 5.41) is 2.98. The number of nitrogens with zero attached hydrogens (tertiary/aromatic N) is 1. The number of hydrogen-bond donors (Lipinski definition) is 1. The number of amides is 2. The Morgan fingerprint density at radius 2 is 1.71 bits per heavy atom. The molecule has 0 saturated carbocycles. The molecule has 2 amide bonds. The molecule has 2 aromatic carbocycles. The summed E-state index contributed by atoms with van der Waals surface area (Å²) in [6.07, 6.45) is 0.944. The summed E-state index contributed by atoms with van der Waals surface area (Å²) in [5.74, 6) is 1.02. The minimum Gasteiger partial charge on any atom is -0.496 e. The van der Waals surface area contributed by atoms with Gasteiger partial charge in [0, 0.05) is 32.1 Å². The van der Waals surface area contributed by atoms with Crippen LogP contribution >= 0.6 is 0 Å². The fraction of sp³-hybridized carbons (Fsp3) is 0.391. The van der Waals surface area contributed by atoms with Crippen LogP contribution in [0.1, 0.15) is 44.2 Å². The lowest BCUT2D eigenvalue weighted by Crippen LogP contribution is -2.33. The fourth-order valence-electron chi connectivity index (χ4n) is 3.16. The normalized spacial score (nSPS) is 10.6. The summed E-state index contributed by atoms with van der Waals surface area (Å²) in [5.41, 5.74) is 2.99. The molecular formula is C23H30N2O3. The highest BCUT2D eigenvalue weighted by Gasteiger charge is 2.14. The van der Waals surface area contributed by atoms with Gasteiger partial charge in [-0.3, -0.25) is 9.59 Å². The predicted octanol–water partition coefficient (Wildman–Crippen LogP) is 4.24. The quantitative estimate of drug-likeness (QED) is 0.706. The summed E-state index contributed by atoms with van der Waals surface area (Å²) < 4.78 is 5.37. The maximum Gasteiger partial charge on any atom is 0.226 e. The van der Waals surface area contributed by atoms with E-state index in [9.17, 15) is 9.59 Å². The summed E-state index contributed by atoms with van der Waals surface area (Å²) in [6, 6.07) is 15.6. The molecule has 150 valence electrons. The van der Waals surface area contributed by atoms with Crippen LogP contribution in [-0.2, 0) is 16.0 Å².